The highest BCUT2D eigenvalue weighted by Gasteiger charge is 2.57. The molecule has 33 heavy (non-hydrogen) atoms. The molecule has 2 saturated heterocycles. The maximum Gasteiger partial charge on any atom is 0.283 e. The number of nitrogens with one attached hydrogen (secondary N) is 1. The first-order valence-electron chi connectivity index (χ1n) is 10.1. The van der Waals surface area contributed by atoms with Crippen molar-refractivity contribution in [1.29, 1.82) is 0 Å². The Hall–Kier alpha value is -2.57. The van der Waals surface area contributed by atoms with Gasteiger partial charge in [-0.25, -0.2) is 30.7 Å². The van der Waals surface area contributed by atoms with Gasteiger partial charge in [-0.2, -0.15) is 0 Å². The third kappa shape index (κ3) is 5.17. The number of likely N-dealkylation sites (tertiary alicyclic amines) is 1. The summed E-state index contributed by atoms with van der Waals surface area (Å²) < 4.78 is 87.6. The molecule has 2 unspecified atom stereocenters. The van der Waals surface area contributed by atoms with Crippen LogP contribution >= 0.6 is 0 Å². The van der Waals surface area contributed by atoms with Gasteiger partial charge in [-0.05, 0) is 24.3 Å². The third-order valence-corrected chi connectivity index (χ3v) is 6.29. The Morgan fingerprint density at radius 2 is 1.91 bits per heavy atom. The summed E-state index contributed by atoms with van der Waals surface area (Å²) in [7, 11) is -4.03. The van der Waals surface area contributed by atoms with Gasteiger partial charge in [-0.3, -0.25) is 9.78 Å². The molecule has 3 heterocycles. The predicted octanol–water partition coefficient (Wildman–Crippen LogP) is 2.12. The van der Waals surface area contributed by atoms with Crippen LogP contribution < -0.4 is 4.72 Å². The Bertz CT molecular complexity index is 1150. The number of nitrogens with zero attached hydrogens (tertiary/aromatic N) is 2. The normalized spacial score (nSPS) is 24.5. The van der Waals surface area contributed by atoms with Crippen molar-refractivity contribution in [3.63, 3.8) is 0 Å². The monoisotopic (exact) mass is 487 g/mol. The number of sulfonamides is 1. The number of ether oxygens (including phenoxy) is 1. The van der Waals surface area contributed by atoms with Crippen molar-refractivity contribution in [3.05, 3.63) is 53.7 Å². The molecule has 178 valence electrons. The second-order valence-electron chi connectivity index (χ2n) is 8.19. The zero-order valence-electron chi connectivity index (χ0n) is 17.5. The van der Waals surface area contributed by atoms with Gasteiger partial charge >= 0.3 is 0 Å². The SMILES string of the molecule is CS(=O)(=O)NC1[C@@H](Cc2cccc(-c3cc(F)cc(F)c3)n2)N(C(=O)C2CCO2)CC1(F)F. The first-order valence-corrected chi connectivity index (χ1v) is 12.0. The molecular weight excluding hydrogens is 466 g/mol. The Morgan fingerprint density at radius 1 is 1.24 bits per heavy atom. The molecule has 0 radical (unpaired) electrons. The lowest BCUT2D eigenvalue weighted by Gasteiger charge is -2.33. The fraction of sp³-hybridized carbons (Fsp3) is 0.429. The Kier molecular flexibility index (Phi) is 6.18. The lowest BCUT2D eigenvalue weighted by atomic mass is 10.0. The minimum absolute atomic E-state index is 0.146. The summed E-state index contributed by atoms with van der Waals surface area (Å²) >= 11 is 0. The van der Waals surface area contributed by atoms with Crippen LogP contribution in [0.3, 0.4) is 0 Å². The van der Waals surface area contributed by atoms with Crippen molar-refractivity contribution in [3.8, 4) is 11.3 Å². The Balaban J connectivity index is 1.68. The highest BCUT2D eigenvalue weighted by atomic mass is 32.2. The quantitative estimate of drug-likeness (QED) is 0.631. The van der Waals surface area contributed by atoms with Crippen LogP contribution in [0, 0.1) is 11.6 Å². The molecule has 2 fully saturated rings. The van der Waals surface area contributed by atoms with Gasteiger partial charge in [-0.1, -0.05) is 6.07 Å². The van der Waals surface area contributed by atoms with Crippen LogP contribution in [-0.4, -0.2) is 67.7 Å². The van der Waals surface area contributed by atoms with Gasteiger partial charge in [0.25, 0.3) is 11.8 Å². The summed E-state index contributed by atoms with van der Waals surface area (Å²) in [5.74, 6) is -5.78. The van der Waals surface area contributed by atoms with Gasteiger partial charge in [0.1, 0.15) is 23.8 Å². The summed E-state index contributed by atoms with van der Waals surface area (Å²) in [6.07, 6.45) is 0.0791. The second kappa shape index (κ2) is 8.65. The molecule has 4 rings (SSSR count). The Morgan fingerprint density at radius 3 is 2.48 bits per heavy atom. The molecule has 0 aliphatic carbocycles. The van der Waals surface area contributed by atoms with E-state index in [-0.39, 0.29) is 23.4 Å². The van der Waals surface area contributed by atoms with E-state index in [0.29, 0.717) is 19.1 Å². The number of carbonyl (C=O) groups is 1. The van der Waals surface area contributed by atoms with Crippen LogP contribution in [0.25, 0.3) is 11.3 Å². The zero-order chi connectivity index (χ0) is 24.0. The molecule has 3 atom stereocenters. The molecule has 1 aromatic heterocycles. The van der Waals surface area contributed by atoms with E-state index in [1.165, 1.54) is 18.2 Å². The molecule has 1 N–H and O–H groups in total. The van der Waals surface area contributed by atoms with Gasteiger partial charge in [0.15, 0.2) is 0 Å². The van der Waals surface area contributed by atoms with Crippen LogP contribution in [0.4, 0.5) is 17.6 Å². The van der Waals surface area contributed by atoms with Gasteiger partial charge < -0.3 is 9.64 Å². The van der Waals surface area contributed by atoms with E-state index in [0.717, 1.165) is 23.3 Å². The van der Waals surface area contributed by atoms with Crippen LogP contribution in [0.1, 0.15) is 12.1 Å². The van der Waals surface area contributed by atoms with Crippen molar-refractivity contribution >= 4 is 15.9 Å². The van der Waals surface area contributed by atoms with Crippen molar-refractivity contribution in [2.24, 2.45) is 0 Å². The lowest BCUT2D eigenvalue weighted by molar-refractivity contribution is -0.158. The molecular formula is C21H21F4N3O4S. The van der Waals surface area contributed by atoms with Crippen molar-refractivity contribution in [1.82, 2.24) is 14.6 Å². The van der Waals surface area contributed by atoms with Crippen LogP contribution in [0.2, 0.25) is 0 Å². The van der Waals surface area contributed by atoms with E-state index in [2.05, 4.69) is 4.98 Å². The molecule has 1 amide bonds. The third-order valence-electron chi connectivity index (χ3n) is 5.60. The summed E-state index contributed by atoms with van der Waals surface area (Å²) in [5.41, 5.74) is 0.587. The van der Waals surface area contributed by atoms with Crippen molar-refractivity contribution in [2.75, 3.05) is 19.4 Å². The van der Waals surface area contributed by atoms with Crippen LogP contribution in [0.5, 0.6) is 0 Å². The highest BCUT2D eigenvalue weighted by molar-refractivity contribution is 7.88. The molecule has 2 aliphatic heterocycles. The fourth-order valence-electron chi connectivity index (χ4n) is 4.05. The molecule has 0 spiro atoms. The van der Waals surface area contributed by atoms with Crippen LogP contribution in [0.15, 0.2) is 36.4 Å². The predicted molar refractivity (Wildman–Crippen MR) is 110 cm³/mol. The number of alkyl halides is 2. The van der Waals surface area contributed by atoms with E-state index in [1.807, 2.05) is 4.72 Å². The number of hydrogen-bond acceptors (Lipinski definition) is 5. The topological polar surface area (TPSA) is 88.6 Å². The number of benzene rings is 1. The van der Waals surface area contributed by atoms with E-state index in [9.17, 15) is 30.8 Å². The maximum atomic E-state index is 14.9. The molecule has 2 aromatic rings. The fourth-order valence-corrected chi connectivity index (χ4v) is 4.85. The first kappa shape index (κ1) is 23.6. The number of rotatable bonds is 6. The largest absolute Gasteiger partial charge is 0.368 e. The summed E-state index contributed by atoms with van der Waals surface area (Å²) in [5, 5.41) is 0. The molecule has 7 nitrogen and oxygen atoms in total. The number of hydrogen-bond donors (Lipinski definition) is 1. The van der Waals surface area contributed by atoms with Gasteiger partial charge in [0.05, 0.1) is 31.1 Å². The zero-order valence-corrected chi connectivity index (χ0v) is 18.3. The average molecular weight is 487 g/mol. The van der Waals surface area contributed by atoms with E-state index >= 15 is 0 Å². The van der Waals surface area contributed by atoms with Crippen LogP contribution in [-0.2, 0) is 26.0 Å². The molecule has 0 saturated carbocycles. The van der Waals surface area contributed by atoms with Gasteiger partial charge in [0, 0.05) is 30.2 Å². The number of halogens is 4. The summed E-state index contributed by atoms with van der Waals surface area (Å²) in [6.45, 7) is -0.636. The first-order chi connectivity index (χ1) is 15.4. The smallest absolute Gasteiger partial charge is 0.283 e. The Labute approximate surface area is 187 Å². The molecule has 0 bridgehead atoms. The molecule has 12 heteroatoms. The lowest BCUT2D eigenvalue weighted by Crippen LogP contribution is -2.54. The van der Waals surface area contributed by atoms with Gasteiger partial charge in [-0.15, -0.1) is 0 Å². The second-order valence-corrected chi connectivity index (χ2v) is 9.97. The average Bonchev–Trinajstić information content (AvgIpc) is 2.89. The summed E-state index contributed by atoms with van der Waals surface area (Å²) in [6, 6.07) is 4.28. The van der Waals surface area contributed by atoms with E-state index in [4.69, 9.17) is 4.74 Å². The molecule has 1 aromatic carbocycles. The maximum absolute atomic E-state index is 14.9. The van der Waals surface area contributed by atoms with Gasteiger partial charge in [0.2, 0.25) is 10.0 Å². The number of carbonyl (C=O) groups excluding carboxylic acids is 1. The standard InChI is InChI=1S/C21H21F4N3O4S/c1-33(30,31)27-19-17(28(11-21(19,24)25)20(29)18-5-6-32-18)10-15-3-2-4-16(26-15)12-7-13(22)9-14(23)8-12/h2-4,7-9,17-19,27H,5-6,10-11H2,1H3/t17-,18?,19?/m1/s1. The number of aromatic nitrogens is 1. The minimum Gasteiger partial charge on any atom is -0.368 e. The van der Waals surface area contributed by atoms with Crippen molar-refractivity contribution in [2.45, 2.75) is 37.0 Å². The summed E-state index contributed by atoms with van der Waals surface area (Å²) in [4.78, 5) is 18.0. The van der Waals surface area contributed by atoms with E-state index in [1.54, 1.807) is 0 Å². The van der Waals surface area contributed by atoms with Crippen molar-refractivity contribution < 1.29 is 35.5 Å². The number of amides is 1. The van der Waals surface area contributed by atoms with E-state index < -0.39 is 58.2 Å². The molecule has 2 aliphatic rings. The highest BCUT2D eigenvalue weighted by Crippen LogP contribution is 2.36. The minimum atomic E-state index is -4.03. The number of pyridine rings is 1.